The van der Waals surface area contributed by atoms with E-state index >= 15 is 0 Å². The summed E-state index contributed by atoms with van der Waals surface area (Å²) in [6.07, 6.45) is 0. The van der Waals surface area contributed by atoms with Gasteiger partial charge in [-0.2, -0.15) is 0 Å². The minimum Gasteiger partial charge on any atom is -0.870 e. The zero-order valence-corrected chi connectivity index (χ0v) is 32.9. The van der Waals surface area contributed by atoms with E-state index < -0.39 is 17.1 Å². The molecule has 2 aromatic rings. The van der Waals surface area contributed by atoms with Gasteiger partial charge in [0, 0.05) is 46.9 Å². The quantitative estimate of drug-likeness (QED) is 0.0986. The fraction of sp³-hybridized carbons (Fsp3) is 0. The van der Waals surface area contributed by atoms with Crippen LogP contribution >= 0.6 is 137 Å². The predicted molar refractivity (Wildman–Crippen MR) is 159 cm³/mol. The van der Waals surface area contributed by atoms with Gasteiger partial charge in [-0.1, -0.05) is 52.2 Å². The third-order valence-electron chi connectivity index (χ3n) is 4.73. The van der Waals surface area contributed by atoms with E-state index in [1.165, 1.54) is 12.1 Å². The zero-order chi connectivity index (χ0) is 24.5. The number of rotatable bonds is 2. The van der Waals surface area contributed by atoms with Crippen LogP contribution in [0.3, 0.4) is 0 Å². The molecule has 0 spiro atoms. The molecule has 0 saturated carbocycles. The molecule has 0 bridgehead atoms. The number of benzene rings is 3. The molecular formula is C20H2Cl4I4Na2O5. The van der Waals surface area contributed by atoms with E-state index in [0.717, 1.165) is 7.14 Å². The molecule has 170 valence electrons. The second-order valence-electron chi connectivity index (χ2n) is 6.53. The molecule has 1 aliphatic heterocycles. The Kier molecular flexibility index (Phi) is 12.5. The van der Waals surface area contributed by atoms with Gasteiger partial charge in [-0.05, 0) is 102 Å². The molecule has 1 heterocycles. The molecule has 0 radical (unpaired) electrons. The van der Waals surface area contributed by atoms with Crippen molar-refractivity contribution in [3.05, 3.63) is 62.3 Å². The average molecular weight is 1020 g/mol. The van der Waals surface area contributed by atoms with Gasteiger partial charge in [0.1, 0.15) is 5.02 Å². The van der Waals surface area contributed by atoms with E-state index in [9.17, 15) is 19.8 Å². The van der Waals surface area contributed by atoms with Crippen molar-refractivity contribution in [2.45, 2.75) is 0 Å². The van der Waals surface area contributed by atoms with Gasteiger partial charge >= 0.3 is 59.1 Å². The van der Waals surface area contributed by atoms with Crippen LogP contribution in [0.15, 0.2) is 21.3 Å². The molecule has 0 aromatic heterocycles. The third kappa shape index (κ3) is 5.80. The standard InChI is InChI=1S/C20H4Cl4I4O5.2Na/c21-5-1-3-7(8-9(20(31)32)13(26)15(28)14(27)12(8)25)4-2-6(22)17(30)11(24)19(4)33-18(3)10(23)16(5)29;;/h1-2,29H,(H,31,32);;/q;2*+1/p-2. The van der Waals surface area contributed by atoms with E-state index in [1.54, 1.807) is 0 Å². The number of aromatic carboxylic acids is 1. The van der Waals surface area contributed by atoms with Gasteiger partial charge in [-0.25, -0.2) is 0 Å². The first-order chi connectivity index (χ1) is 15.4. The molecule has 1 aliphatic carbocycles. The maximum atomic E-state index is 12.4. The molecule has 0 fully saturated rings. The first kappa shape index (κ1) is 33.7. The third-order valence-corrected chi connectivity index (χ3v) is 13.4. The summed E-state index contributed by atoms with van der Waals surface area (Å²) in [6, 6.07) is 2.67. The molecular weight excluding hydrogens is 1020 g/mol. The summed E-state index contributed by atoms with van der Waals surface area (Å²) < 4.78 is 8.37. The SMILES string of the molecule is O=C([O-])c1c(I)c(I)c(I)c(I)c1-c1c2cc(Cl)c(=O)c(Cl)c-2oc2c(Cl)c([O-])c(Cl)cc12.[Na+].[Na+]. The summed E-state index contributed by atoms with van der Waals surface area (Å²) >= 11 is 33.0. The molecule has 0 N–H and O–H groups in total. The van der Waals surface area contributed by atoms with Crippen LogP contribution < -0.4 is 74.8 Å². The topological polar surface area (TPSA) is 93.4 Å². The van der Waals surface area contributed by atoms with Crippen molar-refractivity contribution < 1.29 is 78.5 Å². The van der Waals surface area contributed by atoms with Crippen molar-refractivity contribution in [2.24, 2.45) is 0 Å². The van der Waals surface area contributed by atoms with E-state index in [-0.39, 0.29) is 118 Å². The van der Waals surface area contributed by atoms with Crippen molar-refractivity contribution in [2.75, 3.05) is 0 Å². The Hall–Kier alpha value is 2.48. The van der Waals surface area contributed by atoms with Crippen molar-refractivity contribution in [3.8, 4) is 28.2 Å². The number of halogens is 8. The van der Waals surface area contributed by atoms with Crippen LogP contribution in [0.1, 0.15) is 10.4 Å². The minimum absolute atomic E-state index is 0. The van der Waals surface area contributed by atoms with E-state index in [1.807, 2.05) is 45.2 Å². The zero-order valence-electron chi connectivity index (χ0n) is 17.2. The summed E-state index contributed by atoms with van der Waals surface area (Å²) in [5, 5.41) is 23.9. The van der Waals surface area contributed by atoms with Gasteiger partial charge in [-0.15, -0.1) is 0 Å². The number of carboxylic acid groups (broad SMARTS) is 1. The molecule has 0 unspecified atom stereocenters. The van der Waals surface area contributed by atoms with Crippen LogP contribution in [0.4, 0.5) is 0 Å². The fourth-order valence-electron chi connectivity index (χ4n) is 3.31. The number of carboxylic acids is 1. The smallest absolute Gasteiger partial charge is 0.870 e. The average Bonchev–Trinajstić information content (AvgIpc) is 2.76. The van der Waals surface area contributed by atoms with E-state index in [2.05, 4.69) is 45.2 Å². The number of hydrogen-bond acceptors (Lipinski definition) is 5. The maximum absolute atomic E-state index is 12.4. The summed E-state index contributed by atoms with van der Waals surface area (Å²) in [5.41, 5.74) is -0.0664. The first-order valence-corrected chi connectivity index (χ1v) is 14.2. The second kappa shape index (κ2) is 13.0. The van der Waals surface area contributed by atoms with E-state index in [4.69, 9.17) is 50.8 Å². The van der Waals surface area contributed by atoms with Crippen LogP contribution in [0, 0.1) is 14.3 Å². The van der Waals surface area contributed by atoms with Gasteiger partial charge in [0.25, 0.3) is 0 Å². The number of fused-ring (bicyclic) bond motifs is 2. The van der Waals surface area contributed by atoms with Crippen molar-refractivity contribution in [1.82, 2.24) is 0 Å². The number of carbonyl (C=O) groups is 1. The molecule has 5 nitrogen and oxygen atoms in total. The van der Waals surface area contributed by atoms with Crippen molar-refractivity contribution in [3.63, 3.8) is 0 Å². The summed E-state index contributed by atoms with van der Waals surface area (Å²) in [7, 11) is 0. The Labute approximate surface area is 316 Å². The molecule has 0 amide bonds. The van der Waals surface area contributed by atoms with Gasteiger partial charge in [0.2, 0.25) is 5.43 Å². The second-order valence-corrected chi connectivity index (χ2v) is 12.4. The Morgan fingerprint density at radius 3 is 1.97 bits per heavy atom. The summed E-state index contributed by atoms with van der Waals surface area (Å²) in [5.74, 6) is -2.20. The maximum Gasteiger partial charge on any atom is 1.00 e. The van der Waals surface area contributed by atoms with Gasteiger partial charge in [0.15, 0.2) is 11.3 Å². The molecule has 2 aromatic carbocycles. The normalized spacial score (nSPS) is 10.9. The largest absolute Gasteiger partial charge is 1.00 e. The van der Waals surface area contributed by atoms with Crippen molar-refractivity contribution in [1.29, 1.82) is 0 Å². The number of carbonyl (C=O) groups excluding carboxylic acids is 1. The minimum atomic E-state index is -1.42. The summed E-state index contributed by atoms with van der Waals surface area (Å²) in [4.78, 5) is 24.7. The Bertz CT molecular complexity index is 1580. The first-order valence-electron chi connectivity index (χ1n) is 8.39. The summed E-state index contributed by atoms with van der Waals surface area (Å²) in [6.45, 7) is 0. The van der Waals surface area contributed by atoms with Crippen LogP contribution in [0.2, 0.25) is 20.1 Å². The van der Waals surface area contributed by atoms with Crippen LogP contribution in [-0.4, -0.2) is 5.97 Å². The Morgan fingerprint density at radius 1 is 0.829 bits per heavy atom. The van der Waals surface area contributed by atoms with Gasteiger partial charge < -0.3 is 19.4 Å². The Morgan fingerprint density at radius 2 is 1.40 bits per heavy atom. The predicted octanol–water partition coefficient (Wildman–Crippen LogP) is 1.04. The van der Waals surface area contributed by atoms with Crippen LogP contribution in [0.25, 0.3) is 33.4 Å². The van der Waals surface area contributed by atoms with Crippen LogP contribution in [0.5, 0.6) is 5.75 Å². The number of hydrogen-bond donors (Lipinski definition) is 0. The molecule has 2 aliphatic rings. The molecule has 15 heteroatoms. The monoisotopic (exact) mass is 1020 g/mol. The van der Waals surface area contributed by atoms with Gasteiger partial charge in [-0.3, -0.25) is 4.79 Å². The fourth-order valence-corrected chi connectivity index (χ4v) is 7.98. The Balaban J connectivity index is 0.00000216. The van der Waals surface area contributed by atoms with Crippen molar-refractivity contribution >= 4 is 154 Å². The molecule has 0 saturated heterocycles. The van der Waals surface area contributed by atoms with Crippen LogP contribution in [-0.2, 0) is 0 Å². The molecule has 35 heavy (non-hydrogen) atoms. The van der Waals surface area contributed by atoms with E-state index in [0.29, 0.717) is 7.14 Å². The molecule has 4 rings (SSSR count). The molecule has 0 atom stereocenters. The van der Waals surface area contributed by atoms with Gasteiger partial charge in [0.05, 0.1) is 16.0 Å².